The number of hydrogen-bond acceptors (Lipinski definition) is 9. The molecule has 2 aliphatic carbocycles. The summed E-state index contributed by atoms with van der Waals surface area (Å²) in [5.74, 6) is -1.02. The zero-order valence-corrected chi connectivity index (χ0v) is 21.0. The molecule has 35 heavy (non-hydrogen) atoms. The minimum Gasteiger partial charge on any atom is -0.472 e. The molecule has 4 saturated heterocycles. The number of fused-ring (bicyclic) bond motifs is 2. The Morgan fingerprint density at radius 2 is 1.89 bits per heavy atom. The van der Waals surface area contributed by atoms with E-state index in [1.165, 1.54) is 6.92 Å². The molecule has 194 valence electrons. The van der Waals surface area contributed by atoms with Gasteiger partial charge < -0.3 is 33.5 Å². The van der Waals surface area contributed by atoms with Gasteiger partial charge in [0, 0.05) is 18.3 Å². The van der Waals surface area contributed by atoms with Crippen LogP contribution in [-0.2, 0) is 38.0 Å². The second-order valence-corrected chi connectivity index (χ2v) is 11.9. The number of aliphatic hydroxyl groups excluding tert-OH is 1. The van der Waals surface area contributed by atoms with Crippen molar-refractivity contribution in [3.8, 4) is 0 Å². The molecule has 2 saturated carbocycles. The van der Waals surface area contributed by atoms with Gasteiger partial charge in [0.1, 0.15) is 23.2 Å². The summed E-state index contributed by atoms with van der Waals surface area (Å²) in [7, 11) is 0. The minimum absolute atomic E-state index is 0.115. The van der Waals surface area contributed by atoms with E-state index in [4.69, 9.17) is 28.4 Å². The SMILES string of the molecule is CC(=O)O[C@H]1C[C@@H](C)[C@](C)([C@@H]2C[C@H]3C=CO[C@H]3O2)[C@H]2C[C@H]3O[C@@H](OC(=O)C(C)C)[C@@]12[C@@]1(CO1)[C@H]3O. The summed E-state index contributed by atoms with van der Waals surface area (Å²) in [5, 5.41) is 11.4. The van der Waals surface area contributed by atoms with Crippen LogP contribution in [-0.4, -0.2) is 66.2 Å². The number of carbonyl (C=O) groups is 2. The molecule has 6 fully saturated rings. The number of esters is 2. The Balaban J connectivity index is 1.48. The highest BCUT2D eigenvalue weighted by molar-refractivity contribution is 5.72. The number of hydrogen-bond donors (Lipinski definition) is 1. The van der Waals surface area contributed by atoms with Crippen LogP contribution in [0, 0.1) is 34.5 Å². The molecule has 0 unspecified atom stereocenters. The summed E-state index contributed by atoms with van der Waals surface area (Å²) in [6.45, 7) is 9.63. The van der Waals surface area contributed by atoms with Crippen molar-refractivity contribution in [2.24, 2.45) is 34.5 Å². The van der Waals surface area contributed by atoms with Gasteiger partial charge in [0.25, 0.3) is 0 Å². The van der Waals surface area contributed by atoms with Crippen LogP contribution in [0.5, 0.6) is 0 Å². The van der Waals surface area contributed by atoms with Crippen molar-refractivity contribution in [2.75, 3.05) is 6.61 Å². The third kappa shape index (κ3) is 2.95. The van der Waals surface area contributed by atoms with Crippen molar-refractivity contribution in [1.82, 2.24) is 0 Å². The Bertz CT molecular complexity index is 943. The first kappa shape index (κ1) is 23.7. The average molecular weight is 493 g/mol. The summed E-state index contributed by atoms with van der Waals surface area (Å²) in [6.07, 6.45) is 2.09. The number of aliphatic hydroxyl groups is 1. The third-order valence-corrected chi connectivity index (χ3v) is 10.0. The van der Waals surface area contributed by atoms with Gasteiger partial charge in [0.15, 0.2) is 0 Å². The summed E-state index contributed by atoms with van der Waals surface area (Å²) in [4.78, 5) is 25.2. The monoisotopic (exact) mass is 492 g/mol. The number of carbonyl (C=O) groups excluding carboxylic acids is 2. The normalized spacial score (nSPS) is 53.3. The summed E-state index contributed by atoms with van der Waals surface area (Å²) in [6, 6.07) is 0. The predicted octanol–water partition coefficient (Wildman–Crippen LogP) is 2.30. The van der Waals surface area contributed by atoms with E-state index in [0.29, 0.717) is 19.4 Å². The average Bonchev–Trinajstić information content (AvgIpc) is 3.28. The first-order valence-electron chi connectivity index (χ1n) is 12.9. The fourth-order valence-corrected chi connectivity index (χ4v) is 8.06. The number of ether oxygens (including phenoxy) is 6. The highest BCUT2D eigenvalue weighted by atomic mass is 16.7. The quantitative estimate of drug-likeness (QED) is 0.466. The molecule has 5 aliphatic heterocycles. The number of rotatable bonds is 4. The third-order valence-electron chi connectivity index (χ3n) is 10.0. The summed E-state index contributed by atoms with van der Waals surface area (Å²) < 4.78 is 36.6. The second kappa shape index (κ2) is 7.66. The second-order valence-electron chi connectivity index (χ2n) is 11.9. The molecule has 0 amide bonds. The van der Waals surface area contributed by atoms with E-state index in [1.54, 1.807) is 20.1 Å². The van der Waals surface area contributed by atoms with E-state index in [-0.39, 0.29) is 41.5 Å². The van der Waals surface area contributed by atoms with Gasteiger partial charge in [-0.1, -0.05) is 27.7 Å². The van der Waals surface area contributed by atoms with E-state index in [2.05, 4.69) is 19.9 Å². The van der Waals surface area contributed by atoms with Gasteiger partial charge in [-0.2, -0.15) is 0 Å². The van der Waals surface area contributed by atoms with E-state index in [9.17, 15) is 14.7 Å². The van der Waals surface area contributed by atoms with Crippen molar-refractivity contribution in [3.63, 3.8) is 0 Å². The van der Waals surface area contributed by atoms with Crippen LogP contribution in [0.4, 0.5) is 0 Å². The minimum atomic E-state index is -1.06. The highest BCUT2D eigenvalue weighted by Gasteiger charge is 2.86. The van der Waals surface area contributed by atoms with Gasteiger partial charge in [-0.25, -0.2) is 0 Å². The van der Waals surface area contributed by atoms with Crippen LogP contribution in [0.3, 0.4) is 0 Å². The molecule has 12 atom stereocenters. The zero-order valence-electron chi connectivity index (χ0n) is 21.0. The molecular weight excluding hydrogens is 456 g/mol. The van der Waals surface area contributed by atoms with E-state index >= 15 is 0 Å². The van der Waals surface area contributed by atoms with E-state index < -0.39 is 47.6 Å². The van der Waals surface area contributed by atoms with E-state index in [0.717, 1.165) is 6.42 Å². The molecule has 2 bridgehead atoms. The molecule has 0 aromatic carbocycles. The number of epoxide rings is 1. The predicted molar refractivity (Wildman–Crippen MR) is 119 cm³/mol. The molecule has 0 radical (unpaired) electrons. The van der Waals surface area contributed by atoms with Gasteiger partial charge in [-0.05, 0) is 37.2 Å². The lowest BCUT2D eigenvalue weighted by molar-refractivity contribution is -0.396. The molecule has 9 heteroatoms. The van der Waals surface area contributed by atoms with Gasteiger partial charge in [0.2, 0.25) is 12.6 Å². The zero-order chi connectivity index (χ0) is 24.9. The van der Waals surface area contributed by atoms with Crippen molar-refractivity contribution >= 4 is 11.9 Å². The Kier molecular flexibility index (Phi) is 5.19. The Morgan fingerprint density at radius 3 is 2.51 bits per heavy atom. The maximum absolute atomic E-state index is 12.9. The topological polar surface area (TPSA) is 113 Å². The molecule has 7 rings (SSSR count). The summed E-state index contributed by atoms with van der Waals surface area (Å²) >= 11 is 0. The lowest BCUT2D eigenvalue weighted by atomic mass is 9.40. The first-order valence-corrected chi connectivity index (χ1v) is 12.9. The fourth-order valence-electron chi connectivity index (χ4n) is 8.06. The molecular formula is C26H36O9. The van der Waals surface area contributed by atoms with Crippen LogP contribution in [0.15, 0.2) is 12.3 Å². The molecule has 0 aromatic rings. The van der Waals surface area contributed by atoms with Crippen molar-refractivity contribution in [1.29, 1.82) is 0 Å². The fraction of sp³-hybridized carbons (Fsp3) is 0.846. The van der Waals surface area contributed by atoms with Gasteiger partial charge in [-0.3, -0.25) is 9.59 Å². The maximum Gasteiger partial charge on any atom is 0.310 e. The van der Waals surface area contributed by atoms with E-state index in [1.807, 2.05) is 0 Å². The molecule has 7 aliphatic rings. The largest absolute Gasteiger partial charge is 0.472 e. The van der Waals surface area contributed by atoms with Crippen molar-refractivity contribution in [3.05, 3.63) is 12.3 Å². The Morgan fingerprint density at radius 1 is 1.14 bits per heavy atom. The Hall–Kier alpha value is -1.68. The van der Waals surface area contributed by atoms with Crippen LogP contribution < -0.4 is 0 Å². The molecule has 1 N–H and O–H groups in total. The standard InChI is InChI=1S/C26H36O9/c1-12(2)21(29)35-23-26-17(10-16(33-23)20(28)25(26)11-31-25)24(5,13(3)8-19(26)32-14(4)27)18-9-15-6-7-30-22(15)34-18/h6-7,12-13,15-20,22-23,28H,8-11H2,1-5H3/t13-,15-,16-,17-,18+,19+,20+,22+,23+,24+,25-,26+/m1/s1. The highest BCUT2D eigenvalue weighted by Crippen LogP contribution is 2.74. The maximum atomic E-state index is 12.9. The van der Waals surface area contributed by atoms with Crippen LogP contribution in [0.25, 0.3) is 0 Å². The molecule has 9 nitrogen and oxygen atoms in total. The molecule has 2 spiro atoms. The lowest BCUT2D eigenvalue weighted by Gasteiger charge is -2.69. The van der Waals surface area contributed by atoms with Crippen LogP contribution in [0.1, 0.15) is 53.9 Å². The lowest BCUT2D eigenvalue weighted by Crippen LogP contribution is -2.80. The van der Waals surface area contributed by atoms with Gasteiger partial charge >= 0.3 is 11.9 Å². The van der Waals surface area contributed by atoms with Crippen LogP contribution in [0.2, 0.25) is 0 Å². The Labute approximate surface area is 205 Å². The molecule has 0 aromatic heterocycles. The van der Waals surface area contributed by atoms with Gasteiger partial charge in [0.05, 0.1) is 31.0 Å². The van der Waals surface area contributed by atoms with Crippen molar-refractivity contribution < 1.29 is 43.1 Å². The smallest absolute Gasteiger partial charge is 0.310 e. The van der Waals surface area contributed by atoms with Crippen LogP contribution >= 0.6 is 0 Å². The van der Waals surface area contributed by atoms with Gasteiger partial charge in [-0.15, -0.1) is 0 Å². The van der Waals surface area contributed by atoms with Crippen molar-refractivity contribution in [2.45, 2.75) is 96.5 Å². The summed E-state index contributed by atoms with van der Waals surface area (Å²) in [5.41, 5.74) is -2.45. The first-order chi connectivity index (χ1) is 16.6. The molecule has 5 heterocycles.